The van der Waals surface area contributed by atoms with E-state index in [1.165, 1.54) is 37.4 Å². The maximum atomic E-state index is 12.1. The van der Waals surface area contributed by atoms with Crippen LogP contribution in [0.2, 0.25) is 0 Å². The van der Waals surface area contributed by atoms with Crippen LogP contribution in [0.4, 0.5) is 13.2 Å². The third-order valence-corrected chi connectivity index (χ3v) is 2.85. The molecule has 2 aromatic rings. The van der Waals surface area contributed by atoms with E-state index < -0.39 is 12.3 Å². The number of aromatic carboxylic acids is 1. The molecule has 0 unspecified atom stereocenters. The monoisotopic (exact) mass is 312 g/mol. The SMILES string of the molecule is COc1ccc(C(=O)O)cc1-c1ccc(OC(F)(F)F)cc1. The molecule has 2 rings (SSSR count). The summed E-state index contributed by atoms with van der Waals surface area (Å²) in [7, 11) is 1.42. The van der Waals surface area contributed by atoms with Crippen LogP contribution < -0.4 is 9.47 Å². The molecule has 0 atom stereocenters. The van der Waals surface area contributed by atoms with Crippen LogP contribution in [0.1, 0.15) is 10.4 Å². The first-order valence-corrected chi connectivity index (χ1v) is 6.07. The minimum Gasteiger partial charge on any atom is -0.496 e. The molecule has 0 aliphatic heterocycles. The third-order valence-electron chi connectivity index (χ3n) is 2.85. The topological polar surface area (TPSA) is 55.8 Å². The summed E-state index contributed by atoms with van der Waals surface area (Å²) in [6.07, 6.45) is -4.76. The van der Waals surface area contributed by atoms with Gasteiger partial charge in [0.05, 0.1) is 12.7 Å². The lowest BCUT2D eigenvalue weighted by Gasteiger charge is -2.12. The standard InChI is InChI=1S/C15H11F3O4/c1-21-13-7-4-10(14(19)20)8-12(13)9-2-5-11(6-3-9)22-15(16,17)18/h2-8H,1H3,(H,19,20). The predicted molar refractivity (Wildman–Crippen MR) is 72.1 cm³/mol. The molecule has 0 saturated heterocycles. The number of carbonyl (C=O) groups is 1. The minimum absolute atomic E-state index is 0.0476. The molecule has 0 saturated carbocycles. The van der Waals surface area contributed by atoms with E-state index in [1.807, 2.05) is 0 Å². The molecule has 0 radical (unpaired) electrons. The van der Waals surface area contributed by atoms with Crippen LogP contribution in [-0.2, 0) is 0 Å². The molecule has 0 amide bonds. The maximum absolute atomic E-state index is 12.1. The minimum atomic E-state index is -4.76. The maximum Gasteiger partial charge on any atom is 0.573 e. The van der Waals surface area contributed by atoms with Gasteiger partial charge in [0.25, 0.3) is 0 Å². The lowest BCUT2D eigenvalue weighted by molar-refractivity contribution is -0.274. The lowest BCUT2D eigenvalue weighted by Crippen LogP contribution is -2.16. The van der Waals surface area contributed by atoms with E-state index in [2.05, 4.69) is 4.74 Å². The first-order valence-electron chi connectivity index (χ1n) is 6.07. The summed E-state index contributed by atoms with van der Waals surface area (Å²) in [4.78, 5) is 11.0. The largest absolute Gasteiger partial charge is 0.573 e. The van der Waals surface area contributed by atoms with Crippen molar-refractivity contribution in [2.45, 2.75) is 6.36 Å². The summed E-state index contributed by atoms with van der Waals surface area (Å²) in [5, 5.41) is 9.01. The van der Waals surface area contributed by atoms with Crippen molar-refractivity contribution in [3.63, 3.8) is 0 Å². The van der Waals surface area contributed by atoms with E-state index in [0.717, 1.165) is 12.1 Å². The molecule has 0 heterocycles. The Morgan fingerprint density at radius 1 is 1.09 bits per heavy atom. The van der Waals surface area contributed by atoms with Crippen molar-refractivity contribution >= 4 is 5.97 Å². The highest BCUT2D eigenvalue weighted by atomic mass is 19.4. The van der Waals surface area contributed by atoms with E-state index in [0.29, 0.717) is 16.9 Å². The molecule has 0 aromatic heterocycles. The molecule has 4 nitrogen and oxygen atoms in total. The van der Waals surface area contributed by atoms with Gasteiger partial charge in [-0.15, -0.1) is 13.2 Å². The van der Waals surface area contributed by atoms with Gasteiger partial charge in [-0.25, -0.2) is 4.79 Å². The molecule has 2 aromatic carbocycles. The van der Waals surface area contributed by atoms with Crippen molar-refractivity contribution in [1.29, 1.82) is 0 Å². The first kappa shape index (κ1) is 15.7. The Morgan fingerprint density at radius 3 is 2.23 bits per heavy atom. The fourth-order valence-corrected chi connectivity index (χ4v) is 1.90. The van der Waals surface area contributed by atoms with Gasteiger partial charge in [-0.1, -0.05) is 12.1 Å². The summed E-state index contributed by atoms with van der Waals surface area (Å²) >= 11 is 0. The quantitative estimate of drug-likeness (QED) is 0.928. The number of ether oxygens (including phenoxy) is 2. The summed E-state index contributed by atoms with van der Waals surface area (Å²) in [5.41, 5.74) is 1.02. The number of hydrogen-bond acceptors (Lipinski definition) is 3. The van der Waals surface area contributed by atoms with Gasteiger partial charge in [0.15, 0.2) is 0 Å². The van der Waals surface area contributed by atoms with Gasteiger partial charge in [-0.3, -0.25) is 0 Å². The van der Waals surface area contributed by atoms with Gasteiger partial charge in [0.1, 0.15) is 11.5 Å². The molecule has 0 spiro atoms. The number of carboxylic acids is 1. The van der Waals surface area contributed by atoms with Gasteiger partial charge in [-0.05, 0) is 35.9 Å². The zero-order valence-corrected chi connectivity index (χ0v) is 11.3. The Kier molecular flexibility index (Phi) is 4.25. The lowest BCUT2D eigenvalue weighted by atomic mass is 10.0. The van der Waals surface area contributed by atoms with Crippen molar-refractivity contribution in [2.24, 2.45) is 0 Å². The second-order valence-corrected chi connectivity index (χ2v) is 4.29. The second kappa shape index (κ2) is 5.97. The number of hydrogen-bond donors (Lipinski definition) is 1. The molecule has 0 aliphatic carbocycles. The van der Waals surface area contributed by atoms with Gasteiger partial charge >= 0.3 is 12.3 Å². The van der Waals surface area contributed by atoms with Crippen LogP contribution in [0.25, 0.3) is 11.1 Å². The van der Waals surface area contributed by atoms with Gasteiger partial charge in [-0.2, -0.15) is 0 Å². The molecule has 0 bridgehead atoms. The van der Waals surface area contributed by atoms with Gasteiger partial charge < -0.3 is 14.6 Å². The molecular formula is C15H11F3O4. The second-order valence-electron chi connectivity index (χ2n) is 4.29. The van der Waals surface area contributed by atoms with Crippen molar-refractivity contribution < 1.29 is 32.5 Å². The number of alkyl halides is 3. The number of rotatable bonds is 4. The highest BCUT2D eigenvalue weighted by Gasteiger charge is 2.31. The highest BCUT2D eigenvalue weighted by Crippen LogP contribution is 2.33. The van der Waals surface area contributed by atoms with E-state index in [-0.39, 0.29) is 11.3 Å². The van der Waals surface area contributed by atoms with Crippen LogP contribution in [0.15, 0.2) is 42.5 Å². The number of carboxylic acid groups (broad SMARTS) is 1. The smallest absolute Gasteiger partial charge is 0.496 e. The van der Waals surface area contributed by atoms with Crippen molar-refractivity contribution in [3.05, 3.63) is 48.0 Å². The summed E-state index contributed by atoms with van der Waals surface area (Å²) in [5.74, 6) is -1.06. The Balaban J connectivity index is 2.38. The molecule has 7 heteroatoms. The van der Waals surface area contributed by atoms with E-state index in [4.69, 9.17) is 9.84 Å². The average molecular weight is 312 g/mol. The van der Waals surface area contributed by atoms with Crippen LogP contribution in [-0.4, -0.2) is 24.5 Å². The Morgan fingerprint density at radius 2 is 1.73 bits per heavy atom. The highest BCUT2D eigenvalue weighted by molar-refractivity contribution is 5.90. The fourth-order valence-electron chi connectivity index (χ4n) is 1.90. The summed E-state index contributed by atoms with van der Waals surface area (Å²) < 4.78 is 45.3. The van der Waals surface area contributed by atoms with Gasteiger partial charge in [0, 0.05) is 5.56 Å². The van der Waals surface area contributed by atoms with Crippen LogP contribution in [0.3, 0.4) is 0 Å². The fraction of sp³-hybridized carbons (Fsp3) is 0.133. The van der Waals surface area contributed by atoms with Crippen LogP contribution in [0.5, 0.6) is 11.5 Å². The van der Waals surface area contributed by atoms with E-state index in [1.54, 1.807) is 0 Å². The molecular weight excluding hydrogens is 301 g/mol. The number of methoxy groups -OCH3 is 1. The van der Waals surface area contributed by atoms with Crippen LogP contribution >= 0.6 is 0 Å². The van der Waals surface area contributed by atoms with Crippen molar-refractivity contribution in [2.75, 3.05) is 7.11 Å². The Hall–Kier alpha value is -2.70. The Labute approximate surface area is 123 Å². The zero-order chi connectivity index (χ0) is 16.3. The van der Waals surface area contributed by atoms with Crippen molar-refractivity contribution in [1.82, 2.24) is 0 Å². The number of benzene rings is 2. The third kappa shape index (κ3) is 3.69. The zero-order valence-electron chi connectivity index (χ0n) is 11.3. The molecule has 22 heavy (non-hydrogen) atoms. The van der Waals surface area contributed by atoms with Gasteiger partial charge in [0.2, 0.25) is 0 Å². The van der Waals surface area contributed by atoms with Crippen molar-refractivity contribution in [3.8, 4) is 22.6 Å². The molecule has 0 aliphatic rings. The predicted octanol–water partition coefficient (Wildman–Crippen LogP) is 3.96. The molecule has 116 valence electrons. The summed E-state index contributed by atoms with van der Waals surface area (Å²) in [6.45, 7) is 0. The summed E-state index contributed by atoms with van der Waals surface area (Å²) in [6, 6.07) is 9.34. The number of halogens is 3. The Bertz CT molecular complexity index is 678. The van der Waals surface area contributed by atoms with Crippen LogP contribution in [0, 0.1) is 0 Å². The molecule has 1 N–H and O–H groups in total. The van der Waals surface area contributed by atoms with E-state index >= 15 is 0 Å². The normalized spacial score (nSPS) is 11.1. The first-order chi connectivity index (χ1) is 10.3. The average Bonchev–Trinajstić information content (AvgIpc) is 2.45. The molecule has 0 fully saturated rings. The van der Waals surface area contributed by atoms with E-state index in [9.17, 15) is 18.0 Å².